The highest BCUT2D eigenvalue weighted by Gasteiger charge is 2.30. The Bertz CT molecular complexity index is 1120. The molecule has 3 aromatic rings. The molecule has 0 saturated heterocycles. The van der Waals surface area contributed by atoms with Crippen LogP contribution in [0.3, 0.4) is 0 Å². The molecule has 7 nitrogen and oxygen atoms in total. The van der Waals surface area contributed by atoms with Crippen molar-refractivity contribution >= 4 is 38.1 Å². The van der Waals surface area contributed by atoms with Crippen molar-refractivity contribution in [2.24, 2.45) is 0 Å². The zero-order valence-electron chi connectivity index (χ0n) is 15.0. The molecule has 0 aliphatic rings. The summed E-state index contributed by atoms with van der Waals surface area (Å²) in [5.74, 6) is -0.724. The molecule has 0 saturated carbocycles. The number of carbonyl (C=O) groups excluding carboxylic acids is 1. The van der Waals surface area contributed by atoms with Gasteiger partial charge < -0.3 is 10.1 Å². The van der Waals surface area contributed by atoms with Crippen LogP contribution in [0.2, 0.25) is 0 Å². The van der Waals surface area contributed by atoms with Crippen LogP contribution >= 0.6 is 11.3 Å². The summed E-state index contributed by atoms with van der Waals surface area (Å²) in [5, 5.41) is 4.31. The highest BCUT2D eigenvalue weighted by Crippen LogP contribution is 2.31. The van der Waals surface area contributed by atoms with Crippen LogP contribution in [-0.4, -0.2) is 25.9 Å². The van der Waals surface area contributed by atoms with E-state index in [2.05, 4.69) is 15.0 Å². The number of hydrogen-bond donors (Lipinski definition) is 2. The number of alkyl halides is 3. The maximum absolute atomic E-state index is 12.7. The molecule has 2 aromatic carbocycles. The molecular weight excluding hydrogens is 443 g/mol. The van der Waals surface area contributed by atoms with E-state index in [1.807, 2.05) is 0 Å². The first kappa shape index (κ1) is 21.6. The summed E-state index contributed by atoms with van der Waals surface area (Å²) in [5.41, 5.74) is -0.593. The summed E-state index contributed by atoms with van der Waals surface area (Å²) >= 11 is 1.13. The summed E-state index contributed by atoms with van der Waals surface area (Å²) in [6.45, 7) is -0.521. The fourth-order valence-corrected chi connectivity index (χ4v) is 4.06. The van der Waals surface area contributed by atoms with E-state index in [4.69, 9.17) is 4.74 Å². The van der Waals surface area contributed by atoms with Gasteiger partial charge >= 0.3 is 6.18 Å². The quantitative estimate of drug-likeness (QED) is 0.559. The number of halogens is 3. The van der Waals surface area contributed by atoms with Crippen LogP contribution in [0.1, 0.15) is 5.56 Å². The smallest absolute Gasteiger partial charge is 0.416 e. The predicted octanol–water partition coefficient (Wildman–Crippen LogP) is 3.98. The lowest BCUT2D eigenvalue weighted by atomic mass is 10.2. The molecule has 1 amide bonds. The van der Waals surface area contributed by atoms with E-state index in [0.717, 1.165) is 23.5 Å². The van der Waals surface area contributed by atoms with Crippen molar-refractivity contribution in [3.05, 3.63) is 65.7 Å². The zero-order chi connectivity index (χ0) is 21.8. The number of amides is 1. The van der Waals surface area contributed by atoms with Gasteiger partial charge in [-0.15, -0.1) is 11.3 Å². The number of anilines is 2. The van der Waals surface area contributed by atoms with E-state index in [9.17, 15) is 26.4 Å². The third kappa shape index (κ3) is 5.70. The van der Waals surface area contributed by atoms with Crippen molar-refractivity contribution < 1.29 is 31.1 Å². The van der Waals surface area contributed by atoms with Gasteiger partial charge in [0.1, 0.15) is 5.75 Å². The van der Waals surface area contributed by atoms with Crippen molar-refractivity contribution in [2.45, 2.75) is 11.1 Å². The molecule has 0 atom stereocenters. The first-order valence-electron chi connectivity index (χ1n) is 8.26. The lowest BCUT2D eigenvalue weighted by Gasteiger charge is -2.11. The zero-order valence-corrected chi connectivity index (χ0v) is 16.6. The van der Waals surface area contributed by atoms with Crippen LogP contribution in [0.15, 0.2) is 65.0 Å². The van der Waals surface area contributed by atoms with Crippen molar-refractivity contribution in [2.75, 3.05) is 16.6 Å². The molecule has 0 radical (unpaired) electrons. The Kier molecular flexibility index (Phi) is 6.27. The topological polar surface area (TPSA) is 97.4 Å². The van der Waals surface area contributed by atoms with Crippen LogP contribution in [0.25, 0.3) is 0 Å². The molecule has 1 aromatic heterocycles. The fraction of sp³-hybridized carbons (Fsp3) is 0.111. The number of thiazole rings is 1. The standard InChI is InChI=1S/C18H14F3N3O4S2/c19-18(20,21)12-2-1-3-14(10-12)28-11-16(25)23-13-4-6-15(7-5-13)30(26,27)24-17-22-8-9-29-17/h1-10H,11H2,(H,22,24)(H,23,25). The summed E-state index contributed by atoms with van der Waals surface area (Å²) in [7, 11) is -3.82. The molecule has 0 fully saturated rings. The molecule has 0 unspecified atom stereocenters. The predicted molar refractivity (Wildman–Crippen MR) is 105 cm³/mol. The van der Waals surface area contributed by atoms with Gasteiger partial charge in [-0.2, -0.15) is 13.2 Å². The number of carbonyl (C=O) groups is 1. The average Bonchev–Trinajstić information content (AvgIpc) is 3.19. The van der Waals surface area contributed by atoms with Gasteiger partial charge in [-0.1, -0.05) is 6.07 Å². The third-order valence-electron chi connectivity index (χ3n) is 3.63. The van der Waals surface area contributed by atoms with E-state index in [1.165, 1.54) is 42.6 Å². The Morgan fingerprint density at radius 1 is 1.13 bits per heavy atom. The van der Waals surface area contributed by atoms with Gasteiger partial charge in [0.15, 0.2) is 11.7 Å². The van der Waals surface area contributed by atoms with Gasteiger partial charge in [-0.3, -0.25) is 9.52 Å². The highest BCUT2D eigenvalue weighted by atomic mass is 32.2. The van der Waals surface area contributed by atoms with Crippen molar-refractivity contribution in [1.29, 1.82) is 0 Å². The minimum Gasteiger partial charge on any atom is -0.484 e. The van der Waals surface area contributed by atoms with Crippen molar-refractivity contribution in [3.63, 3.8) is 0 Å². The lowest BCUT2D eigenvalue weighted by molar-refractivity contribution is -0.137. The average molecular weight is 457 g/mol. The van der Waals surface area contributed by atoms with Crippen LogP contribution < -0.4 is 14.8 Å². The van der Waals surface area contributed by atoms with Gasteiger partial charge in [0, 0.05) is 17.3 Å². The van der Waals surface area contributed by atoms with Gasteiger partial charge in [0.25, 0.3) is 15.9 Å². The molecule has 158 valence electrons. The molecule has 1 heterocycles. The number of nitrogens with one attached hydrogen (secondary N) is 2. The van der Waals surface area contributed by atoms with E-state index < -0.39 is 34.3 Å². The number of rotatable bonds is 7. The summed E-state index contributed by atoms with van der Waals surface area (Å²) in [6, 6.07) is 9.50. The number of benzene rings is 2. The minimum atomic E-state index is -4.52. The normalized spacial score (nSPS) is 11.7. The van der Waals surface area contributed by atoms with E-state index in [0.29, 0.717) is 5.69 Å². The number of sulfonamides is 1. The third-order valence-corrected chi connectivity index (χ3v) is 5.81. The van der Waals surface area contributed by atoms with Crippen LogP contribution in [-0.2, 0) is 21.0 Å². The number of aromatic nitrogens is 1. The molecule has 0 spiro atoms. The van der Waals surface area contributed by atoms with Crippen molar-refractivity contribution in [1.82, 2.24) is 4.98 Å². The molecule has 0 aliphatic carbocycles. The Morgan fingerprint density at radius 2 is 1.87 bits per heavy atom. The minimum absolute atomic E-state index is 0.0316. The maximum Gasteiger partial charge on any atom is 0.416 e. The molecule has 3 rings (SSSR count). The lowest BCUT2D eigenvalue weighted by Crippen LogP contribution is -2.20. The molecular formula is C18H14F3N3O4S2. The van der Waals surface area contributed by atoms with E-state index in [1.54, 1.807) is 5.38 Å². The van der Waals surface area contributed by atoms with Crippen LogP contribution in [0.4, 0.5) is 24.0 Å². The second-order valence-corrected chi connectivity index (χ2v) is 8.41. The fourth-order valence-electron chi connectivity index (χ4n) is 2.27. The Labute approximate surface area is 173 Å². The first-order valence-corrected chi connectivity index (χ1v) is 10.6. The van der Waals surface area contributed by atoms with E-state index in [-0.39, 0.29) is 15.8 Å². The Hall–Kier alpha value is -3.12. The van der Waals surface area contributed by atoms with Crippen LogP contribution in [0, 0.1) is 0 Å². The molecule has 2 N–H and O–H groups in total. The molecule has 30 heavy (non-hydrogen) atoms. The maximum atomic E-state index is 12.7. The van der Waals surface area contributed by atoms with Gasteiger partial charge in [0.2, 0.25) is 0 Å². The number of nitrogens with zero attached hydrogens (tertiary/aromatic N) is 1. The van der Waals surface area contributed by atoms with Crippen LogP contribution in [0.5, 0.6) is 5.75 Å². The van der Waals surface area contributed by atoms with Gasteiger partial charge in [-0.25, -0.2) is 13.4 Å². The summed E-state index contributed by atoms with van der Waals surface area (Å²) < 4.78 is 70.0. The largest absolute Gasteiger partial charge is 0.484 e. The first-order chi connectivity index (χ1) is 14.1. The molecule has 0 bridgehead atoms. The monoisotopic (exact) mass is 457 g/mol. The SMILES string of the molecule is O=C(COc1cccc(C(F)(F)F)c1)Nc1ccc(S(=O)(=O)Nc2nccs2)cc1. The Balaban J connectivity index is 1.57. The van der Waals surface area contributed by atoms with Gasteiger partial charge in [0.05, 0.1) is 10.5 Å². The Morgan fingerprint density at radius 3 is 2.50 bits per heavy atom. The van der Waals surface area contributed by atoms with E-state index >= 15 is 0 Å². The molecule has 12 heteroatoms. The van der Waals surface area contributed by atoms with Crippen molar-refractivity contribution in [3.8, 4) is 5.75 Å². The summed E-state index contributed by atoms with van der Waals surface area (Å²) in [4.78, 5) is 15.8. The second-order valence-electron chi connectivity index (χ2n) is 5.83. The summed E-state index contributed by atoms with van der Waals surface area (Å²) in [6.07, 6.45) is -3.05. The van der Waals surface area contributed by atoms with Gasteiger partial charge in [-0.05, 0) is 42.5 Å². The number of ether oxygens (including phenoxy) is 1. The highest BCUT2D eigenvalue weighted by molar-refractivity contribution is 7.93. The second kappa shape index (κ2) is 8.71. The molecule has 0 aliphatic heterocycles. The number of hydrogen-bond acceptors (Lipinski definition) is 6.